The van der Waals surface area contributed by atoms with E-state index in [0.29, 0.717) is 3.03 Å². The molecular formula is C17H36NNaO4S. The van der Waals surface area contributed by atoms with Crippen molar-refractivity contribution in [1.29, 1.82) is 0 Å². The third-order valence-corrected chi connectivity index (χ3v) is 5.01. The van der Waals surface area contributed by atoms with Crippen molar-refractivity contribution >= 4 is 41.1 Å². The van der Waals surface area contributed by atoms with Crippen LogP contribution in [0.5, 0.6) is 0 Å². The fourth-order valence-electron chi connectivity index (χ4n) is 2.36. The second kappa shape index (κ2) is 19.9. The van der Waals surface area contributed by atoms with Gasteiger partial charge in [-0.1, -0.05) is 19.8 Å². The number of nitrogens with two attached hydrogens (primary N) is 1. The summed E-state index contributed by atoms with van der Waals surface area (Å²) >= 11 is 0.751. The maximum Gasteiger partial charge on any atom is 0.266 e. The summed E-state index contributed by atoms with van der Waals surface area (Å²) in [5, 5.41) is 0. The van der Waals surface area contributed by atoms with Crippen LogP contribution in [0.3, 0.4) is 0 Å². The Morgan fingerprint density at radius 2 is 1.25 bits per heavy atom. The molecule has 0 saturated carbocycles. The van der Waals surface area contributed by atoms with Crippen LogP contribution in [0.25, 0.3) is 0 Å². The Morgan fingerprint density at radius 1 is 0.875 bits per heavy atom. The average molecular weight is 374 g/mol. The molecule has 3 N–H and O–H groups in total. The van der Waals surface area contributed by atoms with Gasteiger partial charge in [0.1, 0.15) is 0 Å². The second-order valence-electron chi connectivity index (χ2n) is 6.42. The van der Waals surface area contributed by atoms with Crippen molar-refractivity contribution in [2.75, 3.05) is 12.3 Å². The molecule has 0 aromatic rings. The van der Waals surface area contributed by atoms with Crippen LogP contribution >= 0.6 is 0 Å². The molecule has 0 amide bonds. The largest absolute Gasteiger partial charge is 0.329 e. The molecule has 140 valence electrons. The zero-order valence-corrected chi connectivity index (χ0v) is 18.6. The van der Waals surface area contributed by atoms with E-state index in [9.17, 15) is 13.2 Å². The zero-order valence-electron chi connectivity index (χ0n) is 15.8. The van der Waals surface area contributed by atoms with E-state index in [2.05, 4.69) is 6.92 Å². The van der Waals surface area contributed by atoms with E-state index in [1.807, 2.05) is 0 Å². The van der Waals surface area contributed by atoms with Crippen molar-refractivity contribution in [2.45, 2.75) is 90.4 Å². The molecule has 24 heavy (non-hydrogen) atoms. The average Bonchev–Trinajstić information content (AvgIpc) is 2.47. The molecule has 0 unspecified atom stereocenters. The summed E-state index contributed by atoms with van der Waals surface area (Å²) in [6.07, 6.45) is 17.3. The van der Waals surface area contributed by atoms with Gasteiger partial charge in [0.25, 0.3) is 10.1 Å². The summed E-state index contributed by atoms with van der Waals surface area (Å²) in [5.74, 6) is -0.354. The number of carbonyl (C=O) groups is 1. The molecular weight excluding hydrogens is 337 g/mol. The molecule has 0 heterocycles. The van der Waals surface area contributed by atoms with Crippen LogP contribution < -0.4 is 5.73 Å². The van der Waals surface area contributed by atoms with E-state index < -0.39 is 10.1 Å². The van der Waals surface area contributed by atoms with Crippen molar-refractivity contribution in [3.8, 4) is 0 Å². The first-order valence-electron chi connectivity index (χ1n) is 9.48. The van der Waals surface area contributed by atoms with Crippen molar-refractivity contribution in [1.82, 2.24) is 0 Å². The molecule has 5 nitrogen and oxygen atoms in total. The first-order chi connectivity index (χ1) is 11.3. The predicted molar refractivity (Wildman–Crippen MR) is 102 cm³/mol. The van der Waals surface area contributed by atoms with Gasteiger partial charge in [0.05, 0.1) is 5.75 Å². The second-order valence-corrected chi connectivity index (χ2v) is 9.10. The fourth-order valence-corrected chi connectivity index (χ4v) is 3.02. The standard InChI is InChI=1S/C15H29O.C2H7NO3S.Na/c1-2-3-4-5-6-7-8-9-10-11-12-13-14-15-16;3-1-2-7(4,5)6;/h2-14H2,1H3;1-3H2,(H,4,5,6);. The number of hydrogen-bond donors (Lipinski definition) is 2. The van der Waals surface area contributed by atoms with Crippen molar-refractivity contribution in [3.05, 3.63) is 0 Å². The van der Waals surface area contributed by atoms with Gasteiger partial charge in [0, 0.05) is 6.54 Å². The Labute approximate surface area is 166 Å². The molecule has 0 bridgehead atoms. The predicted octanol–water partition coefficient (Wildman–Crippen LogP) is 3.61. The topological polar surface area (TPSA) is 97.5 Å². The van der Waals surface area contributed by atoms with Crippen molar-refractivity contribution in [2.24, 2.45) is 5.73 Å². The van der Waals surface area contributed by atoms with E-state index in [-0.39, 0.29) is 12.3 Å². The number of unbranched alkanes of at least 4 members (excludes halogenated alkanes) is 11. The van der Waals surface area contributed by atoms with Crippen LogP contribution in [0.4, 0.5) is 0 Å². The van der Waals surface area contributed by atoms with Crippen LogP contribution in [0, 0.1) is 0 Å². The monoisotopic (exact) mass is 373 g/mol. The van der Waals surface area contributed by atoms with Crippen LogP contribution in [-0.4, -0.2) is 56.2 Å². The van der Waals surface area contributed by atoms with Gasteiger partial charge < -0.3 is 5.73 Å². The summed E-state index contributed by atoms with van der Waals surface area (Å²) in [6, 6.07) is 0. The molecule has 0 aromatic carbocycles. The van der Waals surface area contributed by atoms with Crippen molar-refractivity contribution in [3.63, 3.8) is 0 Å². The Bertz CT molecular complexity index is 375. The summed E-state index contributed by atoms with van der Waals surface area (Å²) < 4.78 is 27.8. The van der Waals surface area contributed by atoms with Gasteiger partial charge in [0.2, 0.25) is 0 Å². The van der Waals surface area contributed by atoms with Gasteiger partial charge >= 0.3 is 106 Å². The summed E-state index contributed by atoms with van der Waals surface area (Å²) in [4.78, 5) is 10.8. The van der Waals surface area contributed by atoms with Gasteiger partial charge in [0.15, 0.2) is 0 Å². The maximum atomic E-state index is 10.8. The minimum atomic E-state index is -3.80. The Hall–Kier alpha value is 0.540. The number of rotatable bonds is 15. The molecule has 0 aliphatic heterocycles. The summed E-state index contributed by atoms with van der Waals surface area (Å²) in [5.41, 5.74) is 4.78. The molecule has 0 rings (SSSR count). The van der Waals surface area contributed by atoms with E-state index >= 15 is 0 Å². The molecule has 0 atom stereocenters. The maximum absolute atomic E-state index is 10.8. The molecule has 0 aliphatic carbocycles. The molecule has 0 radical (unpaired) electrons. The Morgan fingerprint density at radius 3 is 1.50 bits per heavy atom. The Kier molecular flexibility index (Phi) is 22.1. The van der Waals surface area contributed by atoms with Crippen LogP contribution in [-0.2, 0) is 14.9 Å². The molecule has 0 saturated heterocycles. The minimum absolute atomic E-state index is 0.0289. The van der Waals surface area contributed by atoms with Crippen LogP contribution in [0.1, 0.15) is 90.4 Å². The van der Waals surface area contributed by atoms with E-state index in [4.69, 9.17) is 10.3 Å². The fraction of sp³-hybridized carbons (Fsp3) is 0.941. The first-order valence-corrected chi connectivity index (χ1v) is 12.1. The molecule has 0 aliphatic rings. The minimum Gasteiger partial charge on any atom is -0.329 e. The van der Waals surface area contributed by atoms with Gasteiger partial charge in [-0.25, -0.2) is 0 Å². The Balaban J connectivity index is 0. The van der Waals surface area contributed by atoms with Gasteiger partial charge in [-0.05, 0) is 0 Å². The summed E-state index contributed by atoms with van der Waals surface area (Å²) in [7, 11) is -3.80. The quantitative estimate of drug-likeness (QED) is 0.260. The van der Waals surface area contributed by atoms with Gasteiger partial charge in [-0.2, -0.15) is 8.42 Å². The molecule has 0 aromatic heterocycles. The van der Waals surface area contributed by atoms with E-state index in [0.717, 1.165) is 40.8 Å². The van der Waals surface area contributed by atoms with Crippen LogP contribution in [0.15, 0.2) is 0 Å². The van der Waals surface area contributed by atoms with Gasteiger partial charge in [-0.3, -0.25) is 4.55 Å². The third-order valence-electron chi connectivity index (χ3n) is 3.76. The first kappa shape index (κ1) is 26.8. The van der Waals surface area contributed by atoms with Crippen LogP contribution in [0.2, 0.25) is 0 Å². The number of hydrogen-bond acceptors (Lipinski definition) is 4. The summed E-state index contributed by atoms with van der Waals surface area (Å²) in [6.45, 7) is 2.24. The third kappa shape index (κ3) is 30.4. The SMILES string of the molecule is CCCCCCCCCCCCCC[C](=O)[Na].NCCS(=O)(=O)O. The zero-order chi connectivity index (χ0) is 18.7. The van der Waals surface area contributed by atoms with E-state index in [1.165, 1.54) is 70.6 Å². The van der Waals surface area contributed by atoms with E-state index in [1.54, 1.807) is 0 Å². The number of carbonyl (C=O) groups excluding carboxylic acids is 1. The smallest absolute Gasteiger partial charge is 0.266 e. The molecule has 0 spiro atoms. The van der Waals surface area contributed by atoms with Crippen molar-refractivity contribution < 1.29 is 17.8 Å². The normalized spacial score (nSPS) is 11.0. The molecule has 0 fully saturated rings. The molecule has 7 heteroatoms. The van der Waals surface area contributed by atoms with Gasteiger partial charge in [-0.15, -0.1) is 0 Å².